The van der Waals surface area contributed by atoms with Crippen molar-refractivity contribution in [3.05, 3.63) is 64.8 Å². The average Bonchev–Trinajstić information content (AvgIpc) is 3.15. The predicted molar refractivity (Wildman–Crippen MR) is 130 cm³/mol. The van der Waals surface area contributed by atoms with E-state index < -0.39 is 10.0 Å². The molecule has 0 radical (unpaired) electrons. The molecule has 10 heteroatoms. The third-order valence-corrected chi connectivity index (χ3v) is 8.49. The molecule has 1 atom stereocenters. The van der Waals surface area contributed by atoms with E-state index in [2.05, 4.69) is 19.7 Å². The molecule has 0 saturated heterocycles. The summed E-state index contributed by atoms with van der Waals surface area (Å²) >= 11 is 6.33. The first-order chi connectivity index (χ1) is 16.3. The van der Waals surface area contributed by atoms with Crippen LogP contribution in [0.4, 0.5) is 0 Å². The van der Waals surface area contributed by atoms with Gasteiger partial charge in [-0.3, -0.25) is 4.57 Å². The molecule has 1 saturated carbocycles. The molecule has 34 heavy (non-hydrogen) atoms. The molecule has 0 bridgehead atoms. The molecule has 180 valence electrons. The minimum absolute atomic E-state index is 0.136. The molecule has 3 aromatic rings. The van der Waals surface area contributed by atoms with Gasteiger partial charge in [-0.1, -0.05) is 17.7 Å². The van der Waals surface area contributed by atoms with E-state index in [1.54, 1.807) is 13.2 Å². The molecule has 1 aliphatic heterocycles. The number of sulfonamides is 1. The number of fused-ring (bicyclic) bond motifs is 3. The molecule has 1 fully saturated rings. The molecule has 5 rings (SSSR count). The maximum absolute atomic E-state index is 12.3. The van der Waals surface area contributed by atoms with Crippen LogP contribution >= 0.6 is 11.6 Å². The van der Waals surface area contributed by atoms with Gasteiger partial charge >= 0.3 is 0 Å². The minimum atomic E-state index is -3.36. The lowest BCUT2D eigenvalue weighted by molar-refractivity contribution is 0.139. The number of ether oxygens (including phenoxy) is 1. The van der Waals surface area contributed by atoms with E-state index in [4.69, 9.17) is 16.3 Å². The van der Waals surface area contributed by atoms with Crippen LogP contribution in [0.15, 0.2) is 42.6 Å². The fourth-order valence-electron chi connectivity index (χ4n) is 5.02. The topological polar surface area (TPSA) is 90.2 Å². The highest BCUT2D eigenvalue weighted by Gasteiger charge is 2.34. The van der Waals surface area contributed by atoms with Crippen LogP contribution in [0.1, 0.15) is 48.8 Å². The number of aromatic nitrogens is 4. The van der Waals surface area contributed by atoms with Gasteiger partial charge in [0.05, 0.1) is 11.9 Å². The quantitative estimate of drug-likeness (QED) is 0.528. The number of hydrogen-bond donors (Lipinski definition) is 0. The van der Waals surface area contributed by atoms with Gasteiger partial charge in [-0.05, 0) is 61.9 Å². The van der Waals surface area contributed by atoms with Crippen molar-refractivity contribution in [2.75, 3.05) is 13.3 Å². The van der Waals surface area contributed by atoms with Gasteiger partial charge in [0, 0.05) is 42.7 Å². The Kier molecular flexibility index (Phi) is 6.35. The molecule has 2 aromatic heterocycles. The Hall–Kier alpha value is -2.49. The second-order valence-electron chi connectivity index (χ2n) is 9.18. The van der Waals surface area contributed by atoms with E-state index in [9.17, 15) is 8.42 Å². The SMILES string of the molecule is CN(C1Cc2cc(Cl)ccc2-n2c(nnc2C2CCC(Oc3ccccn3)CC2)C1)S(C)(=O)=O. The predicted octanol–water partition coefficient (Wildman–Crippen LogP) is 3.78. The summed E-state index contributed by atoms with van der Waals surface area (Å²) in [4.78, 5) is 4.27. The molecule has 0 spiro atoms. The zero-order valence-corrected chi connectivity index (χ0v) is 20.8. The van der Waals surface area contributed by atoms with Crippen LogP contribution in [0, 0.1) is 0 Å². The fraction of sp³-hybridized carbons (Fsp3) is 0.458. The minimum Gasteiger partial charge on any atom is -0.474 e. The first-order valence-electron chi connectivity index (χ1n) is 11.5. The van der Waals surface area contributed by atoms with Gasteiger partial charge < -0.3 is 4.74 Å². The lowest BCUT2D eigenvalue weighted by Crippen LogP contribution is -2.39. The zero-order chi connectivity index (χ0) is 23.9. The highest BCUT2D eigenvalue weighted by Crippen LogP contribution is 2.37. The summed E-state index contributed by atoms with van der Waals surface area (Å²) in [7, 11) is -1.73. The van der Waals surface area contributed by atoms with Crippen LogP contribution in [0.5, 0.6) is 5.88 Å². The number of nitrogens with zero attached hydrogens (tertiary/aromatic N) is 5. The number of hydrogen-bond acceptors (Lipinski definition) is 6. The summed E-state index contributed by atoms with van der Waals surface area (Å²) in [5.41, 5.74) is 1.98. The zero-order valence-electron chi connectivity index (χ0n) is 19.3. The van der Waals surface area contributed by atoms with Gasteiger partial charge in [0.2, 0.25) is 15.9 Å². The van der Waals surface area contributed by atoms with E-state index >= 15 is 0 Å². The molecule has 0 amide bonds. The second kappa shape index (κ2) is 9.28. The first-order valence-corrected chi connectivity index (χ1v) is 13.8. The number of rotatable bonds is 5. The van der Waals surface area contributed by atoms with Crippen molar-refractivity contribution in [1.29, 1.82) is 0 Å². The Morgan fingerprint density at radius 3 is 2.59 bits per heavy atom. The smallest absolute Gasteiger partial charge is 0.213 e. The number of benzene rings is 1. The summed E-state index contributed by atoms with van der Waals surface area (Å²) < 4.78 is 34.2. The van der Waals surface area contributed by atoms with Gasteiger partial charge in [0.15, 0.2) is 0 Å². The van der Waals surface area contributed by atoms with Crippen LogP contribution in [0.2, 0.25) is 5.02 Å². The van der Waals surface area contributed by atoms with E-state index in [1.807, 2.05) is 36.4 Å². The average molecular weight is 502 g/mol. The Labute approximate surface area is 205 Å². The first kappa shape index (κ1) is 23.3. The molecule has 3 heterocycles. The van der Waals surface area contributed by atoms with Crippen LogP contribution < -0.4 is 4.74 Å². The largest absolute Gasteiger partial charge is 0.474 e. The monoisotopic (exact) mass is 501 g/mol. The Bertz CT molecular complexity index is 1270. The van der Waals surface area contributed by atoms with Crippen LogP contribution in [-0.4, -0.2) is 57.9 Å². The molecule has 1 unspecified atom stereocenters. The summed E-state index contributed by atoms with van der Waals surface area (Å²) in [6.07, 6.45) is 7.86. The fourth-order valence-corrected chi connectivity index (χ4v) is 5.90. The maximum Gasteiger partial charge on any atom is 0.213 e. The van der Waals surface area contributed by atoms with Gasteiger partial charge in [0.1, 0.15) is 17.8 Å². The van der Waals surface area contributed by atoms with Crippen LogP contribution in [-0.2, 0) is 22.9 Å². The van der Waals surface area contributed by atoms with Crippen molar-refractivity contribution in [2.45, 2.75) is 56.6 Å². The molecular formula is C24H28ClN5O3S. The summed E-state index contributed by atoms with van der Waals surface area (Å²) in [6.45, 7) is 0. The van der Waals surface area contributed by atoms with E-state index in [0.29, 0.717) is 23.7 Å². The molecular weight excluding hydrogens is 474 g/mol. The molecule has 1 aliphatic carbocycles. The lowest BCUT2D eigenvalue weighted by atomic mass is 9.86. The highest BCUT2D eigenvalue weighted by molar-refractivity contribution is 7.88. The summed E-state index contributed by atoms with van der Waals surface area (Å²) in [5, 5.41) is 9.77. The van der Waals surface area contributed by atoms with Gasteiger partial charge in [-0.15, -0.1) is 10.2 Å². The number of likely N-dealkylation sites (N-methyl/N-ethyl adjacent to an activating group) is 1. The second-order valence-corrected chi connectivity index (χ2v) is 11.7. The third-order valence-electron chi connectivity index (χ3n) is 6.91. The molecule has 8 nitrogen and oxygen atoms in total. The van der Waals surface area contributed by atoms with Gasteiger partial charge in [-0.25, -0.2) is 17.7 Å². The maximum atomic E-state index is 12.3. The van der Waals surface area contributed by atoms with E-state index in [-0.39, 0.29) is 18.1 Å². The summed E-state index contributed by atoms with van der Waals surface area (Å²) in [5.74, 6) is 2.62. The highest BCUT2D eigenvalue weighted by atomic mass is 35.5. The lowest BCUT2D eigenvalue weighted by Gasteiger charge is -2.28. The molecule has 1 aromatic carbocycles. The van der Waals surface area contributed by atoms with E-state index in [0.717, 1.165) is 48.6 Å². The molecule has 2 aliphatic rings. The standard InChI is InChI=1S/C24H28ClN5O3S/c1-29(34(2,31)32)19-14-17-13-18(25)8-11-21(17)30-22(15-19)27-28-24(30)16-6-9-20(10-7-16)33-23-5-3-4-12-26-23/h3-5,8,11-13,16,19-20H,6-7,9-10,14-15H2,1-2H3. The number of pyridine rings is 1. The Balaban J connectivity index is 1.42. The Morgan fingerprint density at radius 2 is 1.88 bits per heavy atom. The van der Waals surface area contributed by atoms with Crippen LogP contribution in [0.3, 0.4) is 0 Å². The normalized spacial score (nSPS) is 22.6. The van der Waals surface area contributed by atoms with Crippen molar-refractivity contribution in [3.63, 3.8) is 0 Å². The van der Waals surface area contributed by atoms with Crippen molar-refractivity contribution in [3.8, 4) is 11.6 Å². The van der Waals surface area contributed by atoms with Crippen molar-refractivity contribution in [1.82, 2.24) is 24.1 Å². The number of halogens is 1. The van der Waals surface area contributed by atoms with Gasteiger partial charge in [-0.2, -0.15) is 0 Å². The summed E-state index contributed by atoms with van der Waals surface area (Å²) in [6, 6.07) is 11.2. The van der Waals surface area contributed by atoms with E-state index in [1.165, 1.54) is 10.6 Å². The van der Waals surface area contributed by atoms with Crippen LogP contribution in [0.25, 0.3) is 5.69 Å². The van der Waals surface area contributed by atoms with Crippen molar-refractivity contribution < 1.29 is 13.2 Å². The third kappa shape index (κ3) is 4.69. The Morgan fingerprint density at radius 1 is 1.09 bits per heavy atom. The van der Waals surface area contributed by atoms with Gasteiger partial charge in [0.25, 0.3) is 0 Å². The molecule has 0 N–H and O–H groups in total. The van der Waals surface area contributed by atoms with Crippen molar-refractivity contribution >= 4 is 21.6 Å². The van der Waals surface area contributed by atoms with Crippen molar-refractivity contribution in [2.24, 2.45) is 0 Å².